The van der Waals surface area contributed by atoms with Crippen molar-refractivity contribution >= 4 is 17.7 Å². The second-order valence-electron chi connectivity index (χ2n) is 3.47. The van der Waals surface area contributed by atoms with E-state index in [2.05, 4.69) is 10.1 Å². The van der Waals surface area contributed by atoms with E-state index in [1.54, 1.807) is 0 Å². The van der Waals surface area contributed by atoms with Gasteiger partial charge >= 0.3 is 0 Å². The van der Waals surface area contributed by atoms with Crippen molar-refractivity contribution in [3.05, 3.63) is 5.82 Å². The average Bonchev–Trinajstić information content (AvgIpc) is 2.51. The van der Waals surface area contributed by atoms with Crippen molar-refractivity contribution in [3.8, 4) is 0 Å². The monoisotopic (exact) mass is 195 g/mol. The molecule has 0 unspecified atom stereocenters. The molecule has 1 aromatic rings. The Kier molecular flexibility index (Phi) is 1.49. The van der Waals surface area contributed by atoms with Gasteiger partial charge in [-0.3, -0.25) is 4.79 Å². The summed E-state index contributed by atoms with van der Waals surface area (Å²) >= 11 is 1.49. The molecule has 13 heavy (non-hydrogen) atoms. The molecule has 5 heteroatoms. The van der Waals surface area contributed by atoms with Crippen LogP contribution in [0.2, 0.25) is 0 Å². The van der Waals surface area contributed by atoms with Crippen molar-refractivity contribution in [2.75, 3.05) is 5.75 Å². The predicted molar refractivity (Wildman–Crippen MR) is 48.0 cm³/mol. The van der Waals surface area contributed by atoms with Crippen LogP contribution in [0.1, 0.15) is 35.8 Å². The number of hydrogen-bond acceptors (Lipinski definition) is 4. The first-order chi connectivity index (χ1) is 6.34. The number of carbonyl (C=O) groups excluding carboxylic acids is 1. The molecule has 0 aromatic carbocycles. The lowest BCUT2D eigenvalue weighted by Gasteiger charge is -2.21. The van der Waals surface area contributed by atoms with Crippen LogP contribution in [0.3, 0.4) is 0 Å². The van der Waals surface area contributed by atoms with E-state index in [1.807, 2.05) is 0 Å². The van der Waals surface area contributed by atoms with E-state index in [9.17, 15) is 4.79 Å². The third-order valence-electron chi connectivity index (χ3n) is 2.63. The minimum absolute atomic E-state index is 0.0677. The summed E-state index contributed by atoms with van der Waals surface area (Å²) < 4.78 is 1.46. The Morgan fingerprint density at radius 1 is 1.46 bits per heavy atom. The summed E-state index contributed by atoms with van der Waals surface area (Å²) in [6.45, 7) is 0. The first-order valence-electron chi connectivity index (χ1n) is 4.47. The van der Waals surface area contributed by atoms with Gasteiger partial charge in [-0.1, -0.05) is 18.2 Å². The minimum atomic E-state index is 0.0677. The first kappa shape index (κ1) is 7.55. The zero-order valence-corrected chi connectivity index (χ0v) is 7.88. The summed E-state index contributed by atoms with van der Waals surface area (Å²) in [5, 5.41) is 5.01. The van der Waals surface area contributed by atoms with Gasteiger partial charge < -0.3 is 0 Å². The van der Waals surface area contributed by atoms with E-state index in [0.717, 1.165) is 11.0 Å². The summed E-state index contributed by atoms with van der Waals surface area (Å²) in [5.74, 6) is 1.96. The zero-order chi connectivity index (χ0) is 8.84. The number of nitrogens with zero attached hydrogens (tertiary/aromatic N) is 3. The fourth-order valence-electron chi connectivity index (χ4n) is 1.60. The van der Waals surface area contributed by atoms with Crippen molar-refractivity contribution in [2.45, 2.75) is 30.3 Å². The molecule has 0 amide bonds. The second kappa shape index (κ2) is 2.57. The highest BCUT2D eigenvalue weighted by molar-refractivity contribution is 8.00. The summed E-state index contributed by atoms with van der Waals surface area (Å²) in [4.78, 5) is 15.6. The van der Waals surface area contributed by atoms with Crippen LogP contribution in [-0.4, -0.2) is 26.4 Å². The number of fused-ring (bicyclic) bond motifs is 1. The predicted octanol–water partition coefficient (Wildman–Crippen LogP) is 1.29. The first-order valence-corrected chi connectivity index (χ1v) is 5.46. The normalized spacial score (nSPS) is 21.7. The van der Waals surface area contributed by atoms with Gasteiger partial charge in [0.2, 0.25) is 0 Å². The number of thioether (sulfide) groups is 1. The Bertz CT molecular complexity index is 369. The van der Waals surface area contributed by atoms with Crippen LogP contribution in [-0.2, 0) is 0 Å². The summed E-state index contributed by atoms with van der Waals surface area (Å²) in [6.07, 6.45) is 3.64. The molecule has 4 nitrogen and oxygen atoms in total. The van der Waals surface area contributed by atoms with Crippen molar-refractivity contribution < 1.29 is 4.79 Å². The van der Waals surface area contributed by atoms with Gasteiger partial charge in [-0.15, -0.1) is 5.10 Å². The summed E-state index contributed by atoms with van der Waals surface area (Å²) in [5.41, 5.74) is 0. The van der Waals surface area contributed by atoms with Gasteiger partial charge in [0.25, 0.3) is 5.91 Å². The topological polar surface area (TPSA) is 47.8 Å². The molecular weight excluding hydrogens is 186 g/mol. The van der Waals surface area contributed by atoms with Crippen molar-refractivity contribution in [1.29, 1.82) is 0 Å². The highest BCUT2D eigenvalue weighted by atomic mass is 32.2. The van der Waals surface area contributed by atoms with Gasteiger partial charge in [0.15, 0.2) is 11.0 Å². The molecule has 0 N–H and O–H groups in total. The number of rotatable bonds is 1. The largest absolute Gasteiger partial charge is 0.271 e. The molecule has 2 heterocycles. The molecule has 1 aliphatic heterocycles. The Labute approximate surface area is 79.7 Å². The van der Waals surface area contributed by atoms with Crippen LogP contribution in [0.15, 0.2) is 5.16 Å². The fourth-order valence-corrected chi connectivity index (χ4v) is 2.39. The molecule has 1 aliphatic carbocycles. The van der Waals surface area contributed by atoms with E-state index in [1.165, 1.54) is 35.7 Å². The summed E-state index contributed by atoms with van der Waals surface area (Å²) in [7, 11) is 0. The molecule has 1 fully saturated rings. The minimum Gasteiger partial charge on any atom is -0.271 e. The Morgan fingerprint density at radius 3 is 2.92 bits per heavy atom. The maximum atomic E-state index is 11.2. The number of carbonyl (C=O) groups is 1. The van der Waals surface area contributed by atoms with Gasteiger partial charge in [-0.2, -0.15) is 4.68 Å². The average molecular weight is 195 g/mol. The second-order valence-corrected chi connectivity index (χ2v) is 4.42. The molecule has 1 aromatic heterocycles. The Morgan fingerprint density at radius 2 is 2.31 bits per heavy atom. The van der Waals surface area contributed by atoms with Gasteiger partial charge in [-0.05, 0) is 12.8 Å². The molecule has 3 rings (SSSR count). The standard InChI is InChI=1S/C8H9N3OS/c12-6-4-13-8-9-7(10-11(6)8)5-2-1-3-5/h5H,1-4H2. The molecule has 1 saturated carbocycles. The van der Waals surface area contributed by atoms with Crippen LogP contribution < -0.4 is 0 Å². The van der Waals surface area contributed by atoms with Crippen LogP contribution in [0.25, 0.3) is 0 Å². The van der Waals surface area contributed by atoms with Gasteiger partial charge in [0.1, 0.15) is 0 Å². The summed E-state index contributed by atoms with van der Waals surface area (Å²) in [6, 6.07) is 0. The highest BCUT2D eigenvalue weighted by Gasteiger charge is 2.29. The quantitative estimate of drug-likeness (QED) is 0.677. The van der Waals surface area contributed by atoms with Gasteiger partial charge in [0.05, 0.1) is 5.75 Å². The molecule has 0 saturated heterocycles. The van der Waals surface area contributed by atoms with Crippen LogP contribution >= 0.6 is 11.8 Å². The van der Waals surface area contributed by atoms with E-state index < -0.39 is 0 Å². The van der Waals surface area contributed by atoms with E-state index in [4.69, 9.17) is 0 Å². The van der Waals surface area contributed by atoms with E-state index in [0.29, 0.717) is 11.7 Å². The third kappa shape index (κ3) is 1.03. The number of hydrogen-bond donors (Lipinski definition) is 0. The van der Waals surface area contributed by atoms with Crippen LogP contribution in [0, 0.1) is 0 Å². The maximum Gasteiger partial charge on any atom is 0.259 e. The van der Waals surface area contributed by atoms with Crippen LogP contribution in [0.4, 0.5) is 0 Å². The molecule has 0 bridgehead atoms. The lowest BCUT2D eigenvalue weighted by atomic mass is 9.85. The molecule has 0 radical (unpaired) electrons. The molecule has 2 aliphatic rings. The lowest BCUT2D eigenvalue weighted by Crippen LogP contribution is -2.13. The van der Waals surface area contributed by atoms with Gasteiger partial charge in [-0.25, -0.2) is 4.98 Å². The zero-order valence-electron chi connectivity index (χ0n) is 7.06. The highest BCUT2D eigenvalue weighted by Crippen LogP contribution is 2.36. The van der Waals surface area contributed by atoms with Crippen molar-refractivity contribution in [2.24, 2.45) is 0 Å². The smallest absolute Gasteiger partial charge is 0.259 e. The fraction of sp³-hybridized carbons (Fsp3) is 0.625. The SMILES string of the molecule is O=C1CSc2nc(C3CCC3)nn21. The van der Waals surface area contributed by atoms with E-state index in [-0.39, 0.29) is 5.91 Å². The Balaban J connectivity index is 1.97. The third-order valence-corrected chi connectivity index (χ3v) is 3.54. The number of aromatic nitrogens is 3. The molecule has 0 atom stereocenters. The molecular formula is C8H9N3OS. The molecule has 68 valence electrons. The van der Waals surface area contributed by atoms with Crippen molar-refractivity contribution in [1.82, 2.24) is 14.8 Å². The maximum absolute atomic E-state index is 11.2. The lowest BCUT2D eigenvalue weighted by molar-refractivity contribution is 0.0922. The van der Waals surface area contributed by atoms with E-state index >= 15 is 0 Å². The Hall–Kier alpha value is -0.840. The molecule has 0 spiro atoms. The van der Waals surface area contributed by atoms with Crippen molar-refractivity contribution in [3.63, 3.8) is 0 Å². The van der Waals surface area contributed by atoms with Crippen LogP contribution in [0.5, 0.6) is 0 Å². The van der Waals surface area contributed by atoms with Gasteiger partial charge in [0, 0.05) is 5.92 Å².